The zero-order valence-electron chi connectivity index (χ0n) is 11.1. The monoisotopic (exact) mass is 366 g/mol. The Morgan fingerprint density at radius 3 is 2.38 bits per heavy atom. The van der Waals surface area contributed by atoms with Crippen LogP contribution >= 0.6 is 27.5 Å². The average Bonchev–Trinajstić information content (AvgIpc) is 2.41. The lowest BCUT2D eigenvalue weighted by Crippen LogP contribution is -2.13. The number of rotatable bonds is 3. The van der Waals surface area contributed by atoms with Crippen molar-refractivity contribution in [2.45, 2.75) is 6.92 Å². The molecule has 0 atom stereocenters. The maximum Gasteiger partial charge on any atom is 0.257 e. The molecule has 0 spiro atoms. The molecule has 0 saturated carbocycles. The summed E-state index contributed by atoms with van der Waals surface area (Å²) in [6.07, 6.45) is 0. The van der Waals surface area contributed by atoms with Crippen LogP contribution in [0.3, 0.4) is 0 Å². The number of carbonyl (C=O) groups excluding carboxylic acids is 2. The molecule has 2 N–H and O–H groups in total. The third-order valence-corrected chi connectivity index (χ3v) is 3.44. The van der Waals surface area contributed by atoms with Crippen LogP contribution in [0.15, 0.2) is 46.9 Å². The summed E-state index contributed by atoms with van der Waals surface area (Å²) < 4.78 is 0.768. The minimum absolute atomic E-state index is 0.173. The molecule has 2 aromatic carbocycles. The van der Waals surface area contributed by atoms with Gasteiger partial charge in [-0.25, -0.2) is 0 Å². The SMILES string of the molecule is CC(=O)Nc1cccc(NC(=O)c2cc(Br)ccc2Cl)c1. The van der Waals surface area contributed by atoms with Crippen LogP contribution in [0.2, 0.25) is 5.02 Å². The van der Waals surface area contributed by atoms with Gasteiger partial charge in [-0.1, -0.05) is 33.6 Å². The average molecular weight is 368 g/mol. The van der Waals surface area contributed by atoms with Gasteiger partial charge in [-0.2, -0.15) is 0 Å². The van der Waals surface area contributed by atoms with Gasteiger partial charge in [0.1, 0.15) is 0 Å². The normalized spacial score (nSPS) is 10.0. The Bertz CT molecular complexity index is 704. The third-order valence-electron chi connectivity index (χ3n) is 2.61. The second kappa shape index (κ2) is 6.74. The molecule has 21 heavy (non-hydrogen) atoms. The number of carbonyl (C=O) groups is 2. The molecule has 0 aliphatic heterocycles. The van der Waals surface area contributed by atoms with E-state index in [9.17, 15) is 9.59 Å². The highest BCUT2D eigenvalue weighted by atomic mass is 79.9. The Hall–Kier alpha value is -1.85. The summed E-state index contributed by atoms with van der Waals surface area (Å²) in [5.74, 6) is -0.491. The van der Waals surface area contributed by atoms with E-state index >= 15 is 0 Å². The first-order valence-corrected chi connectivity index (χ1v) is 7.27. The quantitative estimate of drug-likeness (QED) is 0.849. The van der Waals surface area contributed by atoms with Gasteiger partial charge < -0.3 is 10.6 Å². The molecule has 2 rings (SSSR count). The summed E-state index contributed by atoms with van der Waals surface area (Å²) in [6, 6.07) is 11.9. The summed E-state index contributed by atoms with van der Waals surface area (Å²) in [6.45, 7) is 1.42. The lowest BCUT2D eigenvalue weighted by atomic mass is 10.2. The molecule has 4 nitrogen and oxygen atoms in total. The van der Waals surface area contributed by atoms with Crippen LogP contribution in [-0.4, -0.2) is 11.8 Å². The molecular formula is C15H12BrClN2O2. The molecule has 108 valence electrons. The number of nitrogens with one attached hydrogen (secondary N) is 2. The van der Waals surface area contributed by atoms with E-state index < -0.39 is 0 Å². The first-order valence-electron chi connectivity index (χ1n) is 6.10. The number of amides is 2. The zero-order chi connectivity index (χ0) is 15.4. The van der Waals surface area contributed by atoms with Gasteiger partial charge in [0.15, 0.2) is 0 Å². The first-order chi connectivity index (χ1) is 9.95. The number of anilines is 2. The van der Waals surface area contributed by atoms with Crippen LogP contribution in [0, 0.1) is 0 Å². The number of hydrogen-bond donors (Lipinski definition) is 2. The Labute approximate surface area is 135 Å². The van der Waals surface area contributed by atoms with Crippen LogP contribution in [0.1, 0.15) is 17.3 Å². The third kappa shape index (κ3) is 4.31. The molecule has 0 saturated heterocycles. The van der Waals surface area contributed by atoms with Crippen LogP contribution in [0.4, 0.5) is 11.4 Å². The van der Waals surface area contributed by atoms with E-state index in [1.807, 2.05) is 0 Å². The summed E-state index contributed by atoms with van der Waals surface area (Å²) in [7, 11) is 0. The number of hydrogen-bond acceptors (Lipinski definition) is 2. The van der Waals surface area contributed by atoms with Gasteiger partial charge in [0.25, 0.3) is 5.91 Å². The zero-order valence-corrected chi connectivity index (χ0v) is 13.5. The van der Waals surface area contributed by atoms with Gasteiger partial charge in [0.2, 0.25) is 5.91 Å². The Balaban J connectivity index is 2.19. The maximum absolute atomic E-state index is 12.2. The second-order valence-electron chi connectivity index (χ2n) is 4.34. The van der Waals surface area contributed by atoms with Crippen molar-refractivity contribution in [1.29, 1.82) is 0 Å². The molecular weight excluding hydrogens is 356 g/mol. The maximum atomic E-state index is 12.2. The van der Waals surface area contributed by atoms with E-state index in [0.29, 0.717) is 22.0 Å². The van der Waals surface area contributed by atoms with Crippen molar-refractivity contribution in [3.8, 4) is 0 Å². The van der Waals surface area contributed by atoms with Gasteiger partial charge >= 0.3 is 0 Å². The highest BCUT2D eigenvalue weighted by molar-refractivity contribution is 9.10. The second-order valence-corrected chi connectivity index (χ2v) is 5.66. The standard InChI is InChI=1S/C15H12BrClN2O2/c1-9(20)18-11-3-2-4-12(8-11)19-15(21)13-7-10(16)5-6-14(13)17/h2-8H,1H3,(H,18,20)(H,19,21). The summed E-state index contributed by atoms with van der Waals surface area (Å²) in [4.78, 5) is 23.2. The lowest BCUT2D eigenvalue weighted by Gasteiger charge is -2.09. The molecule has 0 heterocycles. The first kappa shape index (κ1) is 15.5. The van der Waals surface area contributed by atoms with Crippen molar-refractivity contribution in [1.82, 2.24) is 0 Å². The van der Waals surface area contributed by atoms with E-state index in [1.165, 1.54) is 6.92 Å². The molecule has 2 aromatic rings. The van der Waals surface area contributed by atoms with Gasteiger partial charge in [0.05, 0.1) is 10.6 Å². The van der Waals surface area contributed by atoms with Crippen molar-refractivity contribution in [3.63, 3.8) is 0 Å². The molecule has 6 heteroatoms. The predicted octanol–water partition coefficient (Wildman–Crippen LogP) is 4.31. The molecule has 0 bridgehead atoms. The fraction of sp³-hybridized carbons (Fsp3) is 0.0667. The van der Waals surface area contributed by atoms with E-state index in [4.69, 9.17) is 11.6 Å². The van der Waals surface area contributed by atoms with Crippen molar-refractivity contribution in [2.75, 3.05) is 10.6 Å². The predicted molar refractivity (Wildman–Crippen MR) is 87.9 cm³/mol. The molecule has 0 aliphatic carbocycles. The highest BCUT2D eigenvalue weighted by Gasteiger charge is 2.11. The van der Waals surface area contributed by atoms with E-state index in [1.54, 1.807) is 42.5 Å². The summed E-state index contributed by atoms with van der Waals surface area (Å²) in [5.41, 5.74) is 1.55. The van der Waals surface area contributed by atoms with Crippen LogP contribution in [0.5, 0.6) is 0 Å². The minimum atomic E-state index is -0.318. The van der Waals surface area contributed by atoms with Crippen LogP contribution in [-0.2, 0) is 4.79 Å². The van der Waals surface area contributed by atoms with Gasteiger partial charge in [0, 0.05) is 22.8 Å². The molecule has 2 amide bonds. The van der Waals surface area contributed by atoms with Crippen molar-refractivity contribution >= 4 is 50.7 Å². The van der Waals surface area contributed by atoms with Gasteiger partial charge in [-0.05, 0) is 36.4 Å². The summed E-state index contributed by atoms with van der Waals surface area (Å²) in [5, 5.41) is 5.77. The van der Waals surface area contributed by atoms with Crippen molar-refractivity contribution in [2.24, 2.45) is 0 Å². The number of benzene rings is 2. The van der Waals surface area contributed by atoms with E-state index in [-0.39, 0.29) is 11.8 Å². The van der Waals surface area contributed by atoms with Gasteiger partial charge in [-0.3, -0.25) is 9.59 Å². The van der Waals surface area contributed by atoms with E-state index in [0.717, 1.165) is 4.47 Å². The van der Waals surface area contributed by atoms with Crippen LogP contribution < -0.4 is 10.6 Å². The van der Waals surface area contributed by atoms with Crippen LogP contribution in [0.25, 0.3) is 0 Å². The lowest BCUT2D eigenvalue weighted by molar-refractivity contribution is -0.114. The minimum Gasteiger partial charge on any atom is -0.326 e. The smallest absolute Gasteiger partial charge is 0.257 e. The molecule has 0 fully saturated rings. The van der Waals surface area contributed by atoms with Crippen molar-refractivity contribution < 1.29 is 9.59 Å². The Morgan fingerprint density at radius 1 is 1.05 bits per heavy atom. The summed E-state index contributed by atoms with van der Waals surface area (Å²) >= 11 is 9.32. The van der Waals surface area contributed by atoms with Gasteiger partial charge in [-0.15, -0.1) is 0 Å². The highest BCUT2D eigenvalue weighted by Crippen LogP contribution is 2.23. The number of halogens is 2. The fourth-order valence-corrected chi connectivity index (χ4v) is 2.31. The van der Waals surface area contributed by atoms with E-state index in [2.05, 4.69) is 26.6 Å². The Kier molecular flexibility index (Phi) is 4.98. The Morgan fingerprint density at radius 2 is 1.71 bits per heavy atom. The largest absolute Gasteiger partial charge is 0.326 e. The fourth-order valence-electron chi connectivity index (χ4n) is 1.75. The molecule has 0 unspecified atom stereocenters. The molecule has 0 aliphatic rings. The van der Waals surface area contributed by atoms with Crippen molar-refractivity contribution in [3.05, 3.63) is 57.5 Å². The topological polar surface area (TPSA) is 58.2 Å². The molecule has 0 radical (unpaired) electrons. The molecule has 0 aromatic heterocycles.